The summed E-state index contributed by atoms with van der Waals surface area (Å²) in [6.45, 7) is 1.63. The first-order valence-corrected chi connectivity index (χ1v) is 13.9. The molecule has 0 aromatic heterocycles. The van der Waals surface area contributed by atoms with Gasteiger partial charge in [-0.3, -0.25) is 14.5 Å². The number of hydrogen-bond donors (Lipinski definition) is 2. The summed E-state index contributed by atoms with van der Waals surface area (Å²) in [6, 6.07) is 26.1. The number of carbonyl (C=O) groups excluding carboxylic acids is 1. The predicted molar refractivity (Wildman–Crippen MR) is 158 cm³/mol. The zero-order valence-corrected chi connectivity index (χ0v) is 23.6. The second-order valence-corrected chi connectivity index (χ2v) is 11.0. The van der Waals surface area contributed by atoms with Crippen molar-refractivity contribution in [3.63, 3.8) is 0 Å². The number of halogens is 2. The van der Waals surface area contributed by atoms with Crippen LogP contribution in [0.4, 0.5) is 0 Å². The lowest BCUT2D eigenvalue weighted by Crippen LogP contribution is -2.26. The number of fused-ring (bicyclic) bond motifs is 1. The number of amides is 1. The molecular formula is C32H30Cl2N2O4. The van der Waals surface area contributed by atoms with Gasteiger partial charge in [-0.2, -0.15) is 0 Å². The molecule has 0 bridgehead atoms. The molecule has 1 fully saturated rings. The molecule has 4 aromatic carbocycles. The lowest BCUT2D eigenvalue weighted by atomic mass is 9.93. The number of nitrogens with zero attached hydrogens (tertiary/aromatic N) is 1. The van der Waals surface area contributed by atoms with Crippen molar-refractivity contribution >= 4 is 45.9 Å². The summed E-state index contributed by atoms with van der Waals surface area (Å²) >= 11 is 12.7. The summed E-state index contributed by atoms with van der Waals surface area (Å²) in [7, 11) is 1.67. The van der Waals surface area contributed by atoms with E-state index < -0.39 is 5.97 Å². The average Bonchev–Trinajstić information content (AvgIpc) is 3.36. The molecule has 5 rings (SSSR count). The number of ether oxygens (including phenoxy) is 1. The van der Waals surface area contributed by atoms with E-state index in [-0.39, 0.29) is 30.8 Å². The van der Waals surface area contributed by atoms with Crippen LogP contribution < -0.4 is 10.1 Å². The van der Waals surface area contributed by atoms with Gasteiger partial charge in [-0.25, -0.2) is 0 Å². The number of carboxylic acids is 1. The van der Waals surface area contributed by atoms with Gasteiger partial charge in [0.25, 0.3) is 5.91 Å². The van der Waals surface area contributed by atoms with Gasteiger partial charge in [0.15, 0.2) is 0 Å². The SMILES string of the molecule is COc1ccc2cc(C3CC(c4cc(Cl)cc(Cl)c4)CN3Cc3ccc(C(=O)NCCC(=O)O)cc3)ccc2c1. The summed E-state index contributed by atoms with van der Waals surface area (Å²) in [6.07, 6.45) is 0.809. The van der Waals surface area contributed by atoms with Gasteiger partial charge in [0.2, 0.25) is 0 Å². The van der Waals surface area contributed by atoms with Gasteiger partial charge in [0, 0.05) is 41.3 Å². The fraction of sp³-hybridized carbons (Fsp3) is 0.250. The topological polar surface area (TPSA) is 78.9 Å². The van der Waals surface area contributed by atoms with Gasteiger partial charge < -0.3 is 15.2 Å². The highest BCUT2D eigenvalue weighted by molar-refractivity contribution is 6.34. The highest BCUT2D eigenvalue weighted by Crippen LogP contribution is 2.43. The quantitative estimate of drug-likeness (QED) is 0.222. The molecule has 0 aliphatic carbocycles. The number of hydrogen-bond acceptors (Lipinski definition) is 4. The monoisotopic (exact) mass is 576 g/mol. The predicted octanol–water partition coefficient (Wildman–Crippen LogP) is 7.09. The van der Waals surface area contributed by atoms with Crippen LogP contribution in [0.3, 0.4) is 0 Å². The summed E-state index contributed by atoms with van der Waals surface area (Å²) < 4.78 is 5.39. The minimum atomic E-state index is -0.944. The molecule has 1 aliphatic rings. The van der Waals surface area contributed by atoms with Crippen molar-refractivity contribution in [1.82, 2.24) is 10.2 Å². The van der Waals surface area contributed by atoms with E-state index in [1.165, 1.54) is 5.56 Å². The van der Waals surface area contributed by atoms with Gasteiger partial charge in [0.1, 0.15) is 5.75 Å². The van der Waals surface area contributed by atoms with E-state index in [1.807, 2.05) is 36.4 Å². The standard InChI is InChI=1S/C32H30Cl2N2O4/c1-40-29-9-8-22-12-24(7-6-23(22)15-29)30-16-26(25-13-27(33)17-28(34)14-25)19-36(30)18-20-2-4-21(5-3-20)32(39)35-11-10-31(37)38/h2-9,12-15,17,26,30H,10-11,16,18-19H2,1H3,(H,35,39)(H,37,38). The number of rotatable bonds is 9. The molecule has 0 radical (unpaired) electrons. The second kappa shape index (κ2) is 12.3. The van der Waals surface area contributed by atoms with Crippen LogP contribution in [0.2, 0.25) is 10.0 Å². The van der Waals surface area contributed by atoms with E-state index in [1.54, 1.807) is 25.3 Å². The first kappa shape index (κ1) is 28.0. The van der Waals surface area contributed by atoms with Crippen LogP contribution in [0.5, 0.6) is 5.75 Å². The Labute approximate surface area is 243 Å². The van der Waals surface area contributed by atoms with Crippen LogP contribution in [0.25, 0.3) is 10.8 Å². The van der Waals surface area contributed by atoms with Crippen molar-refractivity contribution in [3.05, 3.63) is 111 Å². The molecule has 1 saturated heterocycles. The highest BCUT2D eigenvalue weighted by atomic mass is 35.5. The van der Waals surface area contributed by atoms with Gasteiger partial charge >= 0.3 is 5.97 Å². The van der Waals surface area contributed by atoms with E-state index in [4.69, 9.17) is 33.0 Å². The number of carboxylic acid groups (broad SMARTS) is 1. The second-order valence-electron chi connectivity index (χ2n) is 10.1. The number of carbonyl (C=O) groups is 2. The molecule has 40 heavy (non-hydrogen) atoms. The van der Waals surface area contributed by atoms with Crippen molar-refractivity contribution in [2.45, 2.75) is 31.3 Å². The highest BCUT2D eigenvalue weighted by Gasteiger charge is 2.34. The first-order valence-electron chi connectivity index (χ1n) is 13.2. The Hall–Kier alpha value is -3.58. The number of benzene rings is 4. The Morgan fingerprint density at radius 1 is 0.925 bits per heavy atom. The Bertz CT molecular complexity index is 1520. The maximum atomic E-state index is 12.4. The fourth-order valence-corrected chi connectivity index (χ4v) is 5.98. The smallest absolute Gasteiger partial charge is 0.305 e. The molecule has 0 spiro atoms. The molecule has 1 heterocycles. The Kier molecular flexibility index (Phi) is 8.60. The number of likely N-dealkylation sites (tertiary alicyclic amines) is 1. The molecule has 6 nitrogen and oxygen atoms in total. The van der Waals surface area contributed by atoms with E-state index in [9.17, 15) is 9.59 Å². The first-order chi connectivity index (χ1) is 19.3. The third kappa shape index (κ3) is 6.58. The van der Waals surface area contributed by atoms with Crippen molar-refractivity contribution in [3.8, 4) is 5.75 Å². The summed E-state index contributed by atoms with van der Waals surface area (Å²) in [5, 5.41) is 15.0. The molecule has 1 amide bonds. The van der Waals surface area contributed by atoms with Crippen LogP contribution in [0.15, 0.2) is 78.9 Å². The van der Waals surface area contributed by atoms with Crippen LogP contribution >= 0.6 is 23.2 Å². The van der Waals surface area contributed by atoms with Gasteiger partial charge in [-0.1, -0.05) is 53.5 Å². The summed E-state index contributed by atoms with van der Waals surface area (Å²) in [4.78, 5) is 25.6. The Balaban J connectivity index is 1.39. The number of aliphatic carboxylic acids is 1. The van der Waals surface area contributed by atoms with E-state index in [2.05, 4.69) is 34.5 Å². The van der Waals surface area contributed by atoms with Crippen molar-refractivity contribution in [1.29, 1.82) is 0 Å². The Morgan fingerprint density at radius 3 is 2.33 bits per heavy atom. The summed E-state index contributed by atoms with van der Waals surface area (Å²) in [5.74, 6) is -0.135. The van der Waals surface area contributed by atoms with Crippen LogP contribution in [-0.4, -0.2) is 42.1 Å². The number of methoxy groups -OCH3 is 1. The largest absolute Gasteiger partial charge is 0.497 e. The zero-order chi connectivity index (χ0) is 28.2. The van der Waals surface area contributed by atoms with Crippen molar-refractivity contribution < 1.29 is 19.4 Å². The maximum Gasteiger partial charge on any atom is 0.305 e. The molecule has 8 heteroatoms. The van der Waals surface area contributed by atoms with Gasteiger partial charge in [-0.15, -0.1) is 0 Å². The van der Waals surface area contributed by atoms with Crippen LogP contribution in [0, 0.1) is 0 Å². The molecular weight excluding hydrogens is 547 g/mol. The van der Waals surface area contributed by atoms with E-state index in [0.717, 1.165) is 40.6 Å². The third-order valence-corrected chi connectivity index (χ3v) is 7.88. The minimum absolute atomic E-state index is 0.0961. The normalized spacial score (nSPS) is 17.2. The molecule has 4 aromatic rings. The van der Waals surface area contributed by atoms with E-state index >= 15 is 0 Å². The van der Waals surface area contributed by atoms with Gasteiger partial charge in [-0.05, 0) is 88.3 Å². The minimum Gasteiger partial charge on any atom is -0.497 e. The molecule has 0 saturated carbocycles. The zero-order valence-electron chi connectivity index (χ0n) is 22.1. The molecule has 2 N–H and O–H groups in total. The molecule has 206 valence electrons. The lowest BCUT2D eigenvalue weighted by Gasteiger charge is -2.25. The molecule has 1 aliphatic heterocycles. The van der Waals surface area contributed by atoms with Crippen molar-refractivity contribution in [2.75, 3.05) is 20.2 Å². The third-order valence-electron chi connectivity index (χ3n) is 7.44. The van der Waals surface area contributed by atoms with E-state index in [0.29, 0.717) is 22.2 Å². The Morgan fingerprint density at radius 2 is 1.62 bits per heavy atom. The maximum absolute atomic E-state index is 12.4. The van der Waals surface area contributed by atoms with Crippen LogP contribution in [-0.2, 0) is 11.3 Å². The molecule has 2 atom stereocenters. The van der Waals surface area contributed by atoms with Gasteiger partial charge in [0.05, 0.1) is 13.5 Å². The number of nitrogens with one attached hydrogen (secondary N) is 1. The van der Waals surface area contributed by atoms with Crippen molar-refractivity contribution in [2.24, 2.45) is 0 Å². The fourth-order valence-electron chi connectivity index (χ4n) is 5.44. The molecule has 2 unspecified atom stereocenters. The average molecular weight is 578 g/mol. The summed E-state index contributed by atoms with van der Waals surface area (Å²) in [5.41, 5.74) is 3.96. The lowest BCUT2D eigenvalue weighted by molar-refractivity contribution is -0.136. The van der Waals surface area contributed by atoms with Crippen LogP contribution in [0.1, 0.15) is 51.8 Å².